The lowest BCUT2D eigenvalue weighted by molar-refractivity contribution is 0.545. The van der Waals surface area contributed by atoms with Crippen LogP contribution in [0.1, 0.15) is 39.1 Å². The van der Waals surface area contributed by atoms with E-state index in [1.165, 1.54) is 5.56 Å². The monoisotopic (exact) mass is 193 g/mol. The first-order valence-corrected chi connectivity index (χ1v) is 5.03. The van der Waals surface area contributed by atoms with Gasteiger partial charge in [-0.15, -0.1) is 0 Å². The normalized spacial score (nSPS) is 11.5. The third-order valence-corrected chi connectivity index (χ3v) is 2.15. The van der Waals surface area contributed by atoms with Crippen molar-refractivity contribution in [3.63, 3.8) is 0 Å². The highest BCUT2D eigenvalue weighted by Crippen LogP contribution is 2.21. The molecule has 1 rings (SSSR count). The Hall–Kier alpha value is -1.12. The van der Waals surface area contributed by atoms with E-state index in [0.717, 1.165) is 18.1 Å². The van der Waals surface area contributed by atoms with Crippen molar-refractivity contribution in [2.75, 3.05) is 12.4 Å². The fourth-order valence-corrected chi connectivity index (χ4v) is 1.24. The van der Waals surface area contributed by atoms with E-state index in [0.29, 0.717) is 0 Å². The molecule has 1 aromatic rings. The molecule has 3 nitrogen and oxygen atoms in total. The van der Waals surface area contributed by atoms with Gasteiger partial charge in [0.15, 0.2) is 0 Å². The molecule has 0 aliphatic heterocycles. The highest BCUT2D eigenvalue weighted by atomic mass is 15.0. The van der Waals surface area contributed by atoms with E-state index in [-0.39, 0.29) is 5.41 Å². The van der Waals surface area contributed by atoms with E-state index in [1.54, 1.807) is 0 Å². The van der Waals surface area contributed by atoms with Gasteiger partial charge >= 0.3 is 0 Å². The highest BCUT2D eigenvalue weighted by Gasteiger charge is 2.18. The van der Waals surface area contributed by atoms with E-state index >= 15 is 0 Å². The van der Waals surface area contributed by atoms with Crippen molar-refractivity contribution in [1.82, 2.24) is 9.97 Å². The first-order chi connectivity index (χ1) is 6.49. The number of nitrogens with one attached hydrogen (secondary N) is 1. The molecule has 0 aliphatic rings. The summed E-state index contributed by atoms with van der Waals surface area (Å²) >= 11 is 0. The van der Waals surface area contributed by atoms with Crippen molar-refractivity contribution in [2.45, 2.75) is 39.5 Å². The lowest BCUT2D eigenvalue weighted by Crippen LogP contribution is -2.17. The van der Waals surface area contributed by atoms with Gasteiger partial charge in [-0.1, -0.05) is 27.7 Å². The van der Waals surface area contributed by atoms with Gasteiger partial charge in [-0.2, -0.15) is 0 Å². The summed E-state index contributed by atoms with van der Waals surface area (Å²) in [5.41, 5.74) is 1.18. The van der Waals surface area contributed by atoms with Gasteiger partial charge < -0.3 is 5.32 Å². The largest absolute Gasteiger partial charge is 0.373 e. The van der Waals surface area contributed by atoms with Gasteiger partial charge in [0.2, 0.25) is 0 Å². The zero-order chi connectivity index (χ0) is 10.8. The summed E-state index contributed by atoms with van der Waals surface area (Å²) in [6, 6.07) is 0. The molecule has 0 unspecified atom stereocenters. The third-order valence-electron chi connectivity index (χ3n) is 2.15. The number of aryl methyl sites for hydroxylation is 1. The predicted octanol–water partition coefficient (Wildman–Crippen LogP) is 2.38. The average molecular weight is 193 g/mol. The second-order valence-electron chi connectivity index (χ2n) is 4.42. The number of nitrogens with zero attached hydrogens (tertiary/aromatic N) is 2. The van der Waals surface area contributed by atoms with E-state index < -0.39 is 0 Å². The maximum atomic E-state index is 4.51. The number of aromatic nitrogens is 2. The zero-order valence-electron chi connectivity index (χ0n) is 9.68. The van der Waals surface area contributed by atoms with Crippen LogP contribution in [0.3, 0.4) is 0 Å². The molecular weight excluding hydrogens is 174 g/mol. The third kappa shape index (κ3) is 2.22. The molecular formula is C11H19N3. The molecule has 0 radical (unpaired) electrons. The Morgan fingerprint density at radius 2 is 2.00 bits per heavy atom. The molecule has 0 bridgehead atoms. The second-order valence-corrected chi connectivity index (χ2v) is 4.42. The number of hydrogen-bond acceptors (Lipinski definition) is 3. The smallest absolute Gasteiger partial charge is 0.135 e. The Balaban J connectivity index is 3.14. The summed E-state index contributed by atoms with van der Waals surface area (Å²) in [7, 11) is 1.90. The second kappa shape index (κ2) is 3.95. The molecule has 1 N–H and O–H groups in total. The van der Waals surface area contributed by atoms with Crippen LogP contribution < -0.4 is 5.32 Å². The molecule has 0 aliphatic carbocycles. The molecule has 14 heavy (non-hydrogen) atoms. The maximum Gasteiger partial charge on any atom is 0.135 e. The van der Waals surface area contributed by atoms with Crippen molar-refractivity contribution in [3.8, 4) is 0 Å². The van der Waals surface area contributed by atoms with Crippen LogP contribution in [0.25, 0.3) is 0 Å². The van der Waals surface area contributed by atoms with Gasteiger partial charge in [0, 0.05) is 24.2 Å². The van der Waals surface area contributed by atoms with Crippen molar-refractivity contribution < 1.29 is 0 Å². The van der Waals surface area contributed by atoms with Gasteiger partial charge in [-0.25, -0.2) is 9.97 Å². The molecule has 1 aromatic heterocycles. The molecule has 0 amide bonds. The minimum Gasteiger partial charge on any atom is -0.373 e. The topological polar surface area (TPSA) is 37.8 Å². The fraction of sp³-hybridized carbons (Fsp3) is 0.636. The molecule has 0 spiro atoms. The number of hydrogen-bond donors (Lipinski definition) is 1. The van der Waals surface area contributed by atoms with E-state index in [9.17, 15) is 0 Å². The minimum atomic E-state index is 0.0118. The van der Waals surface area contributed by atoms with Crippen molar-refractivity contribution in [2.24, 2.45) is 0 Å². The van der Waals surface area contributed by atoms with Gasteiger partial charge in [0.05, 0.1) is 0 Å². The Kier molecular flexibility index (Phi) is 3.09. The Labute approximate surface area is 86.0 Å². The first kappa shape index (κ1) is 11.0. The predicted molar refractivity (Wildman–Crippen MR) is 59.7 cm³/mol. The van der Waals surface area contributed by atoms with Gasteiger partial charge in [0.25, 0.3) is 0 Å². The van der Waals surface area contributed by atoms with Crippen LogP contribution in [0.15, 0.2) is 6.20 Å². The minimum absolute atomic E-state index is 0.0118. The summed E-state index contributed by atoms with van der Waals surface area (Å²) in [5, 5.41) is 3.11. The van der Waals surface area contributed by atoms with Gasteiger partial charge in [0.1, 0.15) is 11.6 Å². The molecule has 0 fully saturated rings. The summed E-state index contributed by atoms with van der Waals surface area (Å²) in [4.78, 5) is 8.89. The lowest BCUT2D eigenvalue weighted by Gasteiger charge is -2.18. The molecule has 3 heteroatoms. The fourth-order valence-electron chi connectivity index (χ4n) is 1.24. The van der Waals surface area contributed by atoms with Crippen LogP contribution in [-0.2, 0) is 11.8 Å². The number of anilines is 1. The quantitative estimate of drug-likeness (QED) is 0.783. The van der Waals surface area contributed by atoms with E-state index in [4.69, 9.17) is 0 Å². The summed E-state index contributed by atoms with van der Waals surface area (Å²) in [6.07, 6.45) is 2.88. The Morgan fingerprint density at radius 1 is 1.36 bits per heavy atom. The van der Waals surface area contributed by atoms with E-state index in [2.05, 4.69) is 43.0 Å². The molecule has 0 saturated carbocycles. The summed E-state index contributed by atoms with van der Waals surface area (Å²) in [5.74, 6) is 1.84. The SMILES string of the molecule is CCc1cnc(C(C)(C)C)nc1NC. The zero-order valence-corrected chi connectivity index (χ0v) is 9.68. The molecule has 0 saturated heterocycles. The van der Waals surface area contributed by atoms with Crippen LogP contribution in [0.4, 0.5) is 5.82 Å². The Bertz CT molecular complexity index is 313. The lowest BCUT2D eigenvalue weighted by atomic mass is 9.95. The average Bonchev–Trinajstić information content (AvgIpc) is 2.15. The van der Waals surface area contributed by atoms with Crippen LogP contribution in [0.5, 0.6) is 0 Å². The summed E-state index contributed by atoms with van der Waals surface area (Å²) < 4.78 is 0. The molecule has 78 valence electrons. The van der Waals surface area contributed by atoms with Crippen LogP contribution in [0.2, 0.25) is 0 Å². The van der Waals surface area contributed by atoms with E-state index in [1.807, 2.05) is 13.2 Å². The first-order valence-electron chi connectivity index (χ1n) is 5.03. The van der Waals surface area contributed by atoms with Crippen molar-refractivity contribution >= 4 is 5.82 Å². The molecule has 1 heterocycles. The standard InChI is InChI=1S/C11H19N3/c1-6-8-7-13-10(11(2,3)4)14-9(8)12-5/h7H,6H2,1-5H3,(H,12,13,14). The molecule has 0 atom stereocenters. The Morgan fingerprint density at radius 3 is 2.43 bits per heavy atom. The van der Waals surface area contributed by atoms with Gasteiger partial charge in [-0.05, 0) is 6.42 Å². The van der Waals surface area contributed by atoms with Gasteiger partial charge in [-0.3, -0.25) is 0 Å². The van der Waals surface area contributed by atoms with Crippen LogP contribution in [0, 0.1) is 0 Å². The van der Waals surface area contributed by atoms with Crippen molar-refractivity contribution in [3.05, 3.63) is 17.6 Å². The summed E-state index contributed by atoms with van der Waals surface area (Å²) in [6.45, 7) is 8.46. The van der Waals surface area contributed by atoms with Crippen LogP contribution >= 0.6 is 0 Å². The number of rotatable bonds is 2. The highest BCUT2D eigenvalue weighted by molar-refractivity contribution is 5.42. The van der Waals surface area contributed by atoms with Crippen LogP contribution in [-0.4, -0.2) is 17.0 Å². The van der Waals surface area contributed by atoms with Crippen molar-refractivity contribution in [1.29, 1.82) is 0 Å². The molecule has 0 aromatic carbocycles. The maximum absolute atomic E-state index is 4.51.